The summed E-state index contributed by atoms with van der Waals surface area (Å²) in [6.45, 7) is 5.07. The van der Waals surface area contributed by atoms with Gasteiger partial charge < -0.3 is 15.2 Å². The van der Waals surface area contributed by atoms with Gasteiger partial charge in [-0.25, -0.2) is 0 Å². The second kappa shape index (κ2) is 9.83. The molecular weight excluding hydrogens is 396 g/mol. The normalized spacial score (nSPS) is 15.9. The Morgan fingerprint density at radius 3 is 2.59 bits per heavy atom. The standard InChI is InChI=1S/C28H32N2O2/c1-28(2,16-20-10-11-22-7-3-4-8-24(22)14-20)30-18-26(31)19-32-27(23-12-13-23)25-9-5-6-21(15-25)17-29/h3-11,14-15,23,26-27,30-31H,12-13,16,18-19H2,1-2H3. The molecule has 3 aromatic rings. The van der Waals surface area contributed by atoms with Crippen molar-refractivity contribution in [1.82, 2.24) is 5.32 Å². The Balaban J connectivity index is 1.30. The number of aliphatic hydroxyl groups excluding tert-OH is 1. The van der Waals surface area contributed by atoms with Crippen LogP contribution in [0, 0.1) is 17.2 Å². The number of nitrogens with zero attached hydrogens (tertiary/aromatic N) is 1. The molecule has 0 saturated heterocycles. The van der Waals surface area contributed by atoms with Gasteiger partial charge in [0.2, 0.25) is 0 Å². The van der Waals surface area contributed by atoms with Gasteiger partial charge in [0.05, 0.1) is 30.4 Å². The molecule has 0 bridgehead atoms. The summed E-state index contributed by atoms with van der Waals surface area (Å²) >= 11 is 0. The summed E-state index contributed by atoms with van der Waals surface area (Å²) < 4.78 is 6.15. The lowest BCUT2D eigenvalue weighted by Gasteiger charge is -2.29. The molecular formula is C28H32N2O2. The summed E-state index contributed by atoms with van der Waals surface area (Å²) in [5, 5.41) is 25.8. The first-order chi connectivity index (χ1) is 15.4. The maximum absolute atomic E-state index is 10.6. The molecule has 4 nitrogen and oxygen atoms in total. The number of β-amino-alcohol motifs (C(OH)–C–C–N with tert-alkyl or cyclic N) is 1. The predicted octanol–water partition coefficient (Wildman–Crippen LogP) is 5.15. The van der Waals surface area contributed by atoms with E-state index in [0.717, 1.165) is 24.8 Å². The number of nitrogens with one attached hydrogen (secondary N) is 1. The van der Waals surface area contributed by atoms with Crippen LogP contribution in [0.1, 0.15) is 49.5 Å². The SMILES string of the molecule is CC(C)(Cc1ccc2ccccc2c1)NCC(O)COC(c1cccc(C#N)c1)C1CC1. The zero-order valence-corrected chi connectivity index (χ0v) is 18.9. The Labute approximate surface area is 190 Å². The second-order valence-electron chi connectivity index (χ2n) is 9.61. The summed E-state index contributed by atoms with van der Waals surface area (Å²) in [6, 6.07) is 24.8. The minimum atomic E-state index is -0.591. The fourth-order valence-electron chi connectivity index (χ4n) is 4.28. The van der Waals surface area contributed by atoms with Gasteiger partial charge >= 0.3 is 0 Å². The molecule has 1 aliphatic rings. The number of nitriles is 1. The molecule has 0 radical (unpaired) electrons. The number of hydrogen-bond donors (Lipinski definition) is 2. The fourth-order valence-corrected chi connectivity index (χ4v) is 4.28. The van der Waals surface area contributed by atoms with E-state index in [0.29, 0.717) is 18.0 Å². The van der Waals surface area contributed by atoms with Gasteiger partial charge in [0, 0.05) is 12.1 Å². The number of benzene rings is 3. The van der Waals surface area contributed by atoms with Gasteiger partial charge in [-0.1, -0.05) is 54.6 Å². The first-order valence-corrected chi connectivity index (χ1v) is 11.5. The quantitative estimate of drug-likeness (QED) is 0.469. The molecule has 32 heavy (non-hydrogen) atoms. The van der Waals surface area contributed by atoms with Crippen molar-refractivity contribution in [2.45, 2.75) is 50.9 Å². The van der Waals surface area contributed by atoms with Gasteiger partial charge in [-0.2, -0.15) is 5.26 Å². The van der Waals surface area contributed by atoms with Crippen molar-refractivity contribution in [2.24, 2.45) is 5.92 Å². The van der Waals surface area contributed by atoms with Crippen LogP contribution < -0.4 is 5.32 Å². The third-order valence-electron chi connectivity index (χ3n) is 6.14. The van der Waals surface area contributed by atoms with E-state index in [1.165, 1.54) is 16.3 Å². The van der Waals surface area contributed by atoms with Gasteiger partial charge in [-0.15, -0.1) is 0 Å². The number of aliphatic hydroxyl groups is 1. The largest absolute Gasteiger partial charge is 0.389 e. The van der Waals surface area contributed by atoms with Crippen LogP contribution >= 0.6 is 0 Å². The molecule has 0 amide bonds. The third-order valence-corrected chi connectivity index (χ3v) is 6.14. The molecule has 4 heteroatoms. The molecule has 4 rings (SSSR count). The van der Waals surface area contributed by atoms with Crippen molar-refractivity contribution in [3.8, 4) is 6.07 Å². The lowest BCUT2D eigenvalue weighted by Crippen LogP contribution is -2.46. The summed E-state index contributed by atoms with van der Waals surface area (Å²) in [4.78, 5) is 0. The molecule has 2 unspecified atom stereocenters. The maximum Gasteiger partial charge on any atom is 0.0991 e. The van der Waals surface area contributed by atoms with Crippen molar-refractivity contribution < 1.29 is 9.84 Å². The van der Waals surface area contributed by atoms with Crippen LogP contribution in [0.25, 0.3) is 10.8 Å². The van der Waals surface area contributed by atoms with E-state index in [9.17, 15) is 10.4 Å². The highest BCUT2D eigenvalue weighted by Crippen LogP contribution is 2.43. The van der Waals surface area contributed by atoms with Crippen LogP contribution in [0.5, 0.6) is 0 Å². The smallest absolute Gasteiger partial charge is 0.0991 e. The molecule has 3 aromatic carbocycles. The van der Waals surface area contributed by atoms with Crippen molar-refractivity contribution in [1.29, 1.82) is 5.26 Å². The van der Waals surface area contributed by atoms with E-state index < -0.39 is 6.10 Å². The molecule has 0 aromatic heterocycles. The van der Waals surface area contributed by atoms with Crippen LogP contribution in [-0.2, 0) is 11.2 Å². The van der Waals surface area contributed by atoms with Gasteiger partial charge in [-0.3, -0.25) is 0 Å². The van der Waals surface area contributed by atoms with Crippen molar-refractivity contribution in [3.05, 3.63) is 83.4 Å². The molecule has 2 N–H and O–H groups in total. The van der Waals surface area contributed by atoms with Crippen LogP contribution in [-0.4, -0.2) is 29.9 Å². The molecule has 1 fully saturated rings. The monoisotopic (exact) mass is 428 g/mol. The van der Waals surface area contributed by atoms with Crippen molar-refractivity contribution in [3.63, 3.8) is 0 Å². The Kier molecular flexibility index (Phi) is 6.91. The van der Waals surface area contributed by atoms with E-state index in [-0.39, 0.29) is 18.2 Å². The number of fused-ring (bicyclic) bond motifs is 1. The first kappa shape index (κ1) is 22.5. The molecule has 1 aliphatic carbocycles. The molecule has 0 aliphatic heterocycles. The van der Waals surface area contributed by atoms with E-state index in [4.69, 9.17) is 4.74 Å². The Hall–Kier alpha value is -2.71. The van der Waals surface area contributed by atoms with E-state index in [1.54, 1.807) is 0 Å². The average molecular weight is 429 g/mol. The third kappa shape index (κ3) is 5.95. The van der Waals surface area contributed by atoms with Crippen molar-refractivity contribution >= 4 is 10.8 Å². The van der Waals surface area contributed by atoms with E-state index in [1.807, 2.05) is 24.3 Å². The van der Waals surface area contributed by atoms with E-state index >= 15 is 0 Å². The number of ether oxygens (including phenoxy) is 1. The van der Waals surface area contributed by atoms with Crippen LogP contribution in [0.4, 0.5) is 0 Å². The highest BCUT2D eigenvalue weighted by Gasteiger charge is 2.33. The molecule has 2 atom stereocenters. The van der Waals surface area contributed by atoms with Gasteiger partial charge in [0.15, 0.2) is 0 Å². The first-order valence-electron chi connectivity index (χ1n) is 11.5. The van der Waals surface area contributed by atoms with Gasteiger partial charge in [0.25, 0.3) is 0 Å². The molecule has 166 valence electrons. The zero-order chi connectivity index (χ0) is 22.6. The molecule has 0 heterocycles. The predicted molar refractivity (Wildman–Crippen MR) is 128 cm³/mol. The van der Waals surface area contributed by atoms with Crippen LogP contribution in [0.3, 0.4) is 0 Å². The minimum absolute atomic E-state index is 0.0523. The Morgan fingerprint density at radius 1 is 1.06 bits per heavy atom. The Bertz CT molecular complexity index is 1100. The second-order valence-corrected chi connectivity index (χ2v) is 9.61. The molecule has 0 spiro atoms. The Morgan fingerprint density at radius 2 is 1.84 bits per heavy atom. The van der Waals surface area contributed by atoms with Gasteiger partial charge in [-0.05, 0) is 73.1 Å². The summed E-state index contributed by atoms with van der Waals surface area (Å²) in [7, 11) is 0. The highest BCUT2D eigenvalue weighted by atomic mass is 16.5. The fraction of sp³-hybridized carbons (Fsp3) is 0.393. The van der Waals surface area contributed by atoms with Crippen molar-refractivity contribution in [2.75, 3.05) is 13.2 Å². The van der Waals surface area contributed by atoms with E-state index in [2.05, 4.69) is 67.7 Å². The number of rotatable bonds is 10. The van der Waals surface area contributed by atoms with Crippen LogP contribution in [0.15, 0.2) is 66.7 Å². The maximum atomic E-state index is 10.6. The van der Waals surface area contributed by atoms with Crippen LogP contribution in [0.2, 0.25) is 0 Å². The lowest BCUT2D eigenvalue weighted by atomic mass is 9.93. The highest BCUT2D eigenvalue weighted by molar-refractivity contribution is 5.83. The minimum Gasteiger partial charge on any atom is -0.389 e. The number of hydrogen-bond acceptors (Lipinski definition) is 4. The summed E-state index contributed by atoms with van der Waals surface area (Å²) in [5.41, 5.74) is 2.80. The summed E-state index contributed by atoms with van der Waals surface area (Å²) in [6.07, 6.45) is 2.50. The lowest BCUT2D eigenvalue weighted by molar-refractivity contribution is -0.0211. The summed E-state index contributed by atoms with van der Waals surface area (Å²) in [5.74, 6) is 0.480. The zero-order valence-electron chi connectivity index (χ0n) is 18.9. The topological polar surface area (TPSA) is 65.3 Å². The average Bonchev–Trinajstić information content (AvgIpc) is 3.63. The molecule has 1 saturated carbocycles. The van der Waals surface area contributed by atoms with Gasteiger partial charge in [0.1, 0.15) is 0 Å².